The fourth-order valence-corrected chi connectivity index (χ4v) is 3.87. The van der Waals surface area contributed by atoms with E-state index in [9.17, 15) is 0 Å². The van der Waals surface area contributed by atoms with Gasteiger partial charge in [0.05, 0.1) is 18.5 Å². The van der Waals surface area contributed by atoms with Crippen LogP contribution in [-0.4, -0.2) is 28.4 Å². The molecular formula is C21H28BrN3O. The third-order valence-corrected chi connectivity index (χ3v) is 5.43. The number of rotatable bonds is 9. The third-order valence-electron chi connectivity index (χ3n) is 4.87. The summed E-state index contributed by atoms with van der Waals surface area (Å²) in [6, 6.07) is 4.22. The van der Waals surface area contributed by atoms with Gasteiger partial charge in [-0.3, -0.25) is 4.98 Å². The zero-order valence-electron chi connectivity index (χ0n) is 15.5. The Morgan fingerprint density at radius 3 is 3.00 bits per heavy atom. The molecule has 0 aliphatic carbocycles. The molecule has 1 unspecified atom stereocenters. The number of aromatic nitrogens is 2. The fraction of sp³-hybridized carbons (Fsp3) is 0.476. The summed E-state index contributed by atoms with van der Waals surface area (Å²) < 4.78 is 5.89. The van der Waals surface area contributed by atoms with Crippen molar-refractivity contribution in [3.8, 4) is 17.0 Å². The van der Waals surface area contributed by atoms with Gasteiger partial charge in [-0.1, -0.05) is 42.3 Å². The number of hydrogen-bond acceptors (Lipinski definition) is 3. The van der Waals surface area contributed by atoms with E-state index in [1.165, 1.54) is 36.9 Å². The van der Waals surface area contributed by atoms with Crippen LogP contribution in [0.2, 0.25) is 0 Å². The molecule has 1 aliphatic rings. The van der Waals surface area contributed by atoms with E-state index in [4.69, 9.17) is 4.74 Å². The van der Waals surface area contributed by atoms with Crippen molar-refractivity contribution in [2.45, 2.75) is 44.9 Å². The number of nitrogens with one attached hydrogen (secondary N) is 2. The number of fused-ring (bicyclic) bond motifs is 1. The first-order valence-corrected chi connectivity index (χ1v) is 10.7. The van der Waals surface area contributed by atoms with Gasteiger partial charge in [0.2, 0.25) is 0 Å². The zero-order valence-corrected chi connectivity index (χ0v) is 17.1. The van der Waals surface area contributed by atoms with Crippen LogP contribution in [0.3, 0.4) is 0 Å². The molecular weight excluding hydrogens is 390 g/mol. The van der Waals surface area contributed by atoms with Crippen LogP contribution in [0.1, 0.15) is 56.2 Å². The van der Waals surface area contributed by atoms with Gasteiger partial charge in [-0.05, 0) is 31.4 Å². The molecule has 5 heteroatoms. The van der Waals surface area contributed by atoms with Crippen LogP contribution in [0, 0.1) is 0 Å². The smallest absolute Gasteiger partial charge is 0.146 e. The Hall–Kier alpha value is -1.75. The highest BCUT2D eigenvalue weighted by atomic mass is 79.9. The van der Waals surface area contributed by atoms with Crippen molar-refractivity contribution in [2.24, 2.45) is 0 Å². The average molecular weight is 418 g/mol. The summed E-state index contributed by atoms with van der Waals surface area (Å²) in [6.45, 7) is 7.96. The summed E-state index contributed by atoms with van der Waals surface area (Å²) >= 11 is 3.52. The summed E-state index contributed by atoms with van der Waals surface area (Å²) in [5, 5.41) is 4.57. The fourth-order valence-electron chi connectivity index (χ4n) is 3.47. The van der Waals surface area contributed by atoms with Crippen LogP contribution in [-0.2, 0) is 0 Å². The minimum Gasteiger partial charge on any atom is -0.491 e. The molecule has 0 radical (unpaired) electrons. The highest BCUT2D eigenvalue weighted by Gasteiger charge is 2.25. The number of hydrogen-bond donors (Lipinski definition) is 2. The first-order chi connectivity index (χ1) is 12.7. The molecule has 0 bridgehead atoms. The summed E-state index contributed by atoms with van der Waals surface area (Å²) in [5.74, 6) is 1.34. The summed E-state index contributed by atoms with van der Waals surface area (Å²) in [7, 11) is 0. The van der Waals surface area contributed by atoms with Gasteiger partial charge in [0.1, 0.15) is 5.75 Å². The molecule has 140 valence electrons. The van der Waals surface area contributed by atoms with Crippen molar-refractivity contribution in [3.63, 3.8) is 0 Å². The largest absolute Gasteiger partial charge is 0.491 e. The lowest BCUT2D eigenvalue weighted by Crippen LogP contribution is -2.26. The molecule has 4 nitrogen and oxygen atoms in total. The normalized spacial score (nSPS) is 16.2. The Kier molecular flexibility index (Phi) is 6.78. The number of H-pyrrole nitrogens is 1. The predicted molar refractivity (Wildman–Crippen MR) is 112 cm³/mol. The topological polar surface area (TPSA) is 49.9 Å². The van der Waals surface area contributed by atoms with E-state index in [0.29, 0.717) is 12.5 Å². The molecule has 2 aromatic heterocycles. The number of unbranched alkanes of at least 4 members (excludes halogenated alkanes) is 2. The van der Waals surface area contributed by atoms with E-state index in [1.807, 2.05) is 12.3 Å². The maximum absolute atomic E-state index is 5.89. The second-order valence-corrected chi connectivity index (χ2v) is 7.62. The van der Waals surface area contributed by atoms with E-state index >= 15 is 0 Å². The molecule has 3 heterocycles. The number of aromatic amines is 1. The summed E-state index contributed by atoms with van der Waals surface area (Å²) in [6.07, 6.45) is 9.55. The Labute approximate surface area is 164 Å². The molecule has 0 amide bonds. The second-order valence-electron chi connectivity index (χ2n) is 6.83. The number of halogens is 1. The lowest BCUT2D eigenvalue weighted by Gasteiger charge is -2.25. The van der Waals surface area contributed by atoms with E-state index < -0.39 is 0 Å². The molecule has 0 saturated heterocycles. The molecule has 0 saturated carbocycles. The van der Waals surface area contributed by atoms with Crippen molar-refractivity contribution < 1.29 is 4.74 Å². The minimum atomic E-state index is 0.501. The van der Waals surface area contributed by atoms with E-state index in [-0.39, 0.29) is 0 Å². The van der Waals surface area contributed by atoms with Gasteiger partial charge in [-0.25, -0.2) is 0 Å². The average Bonchev–Trinajstić information content (AvgIpc) is 3.11. The molecule has 26 heavy (non-hydrogen) atoms. The Morgan fingerprint density at radius 2 is 2.19 bits per heavy atom. The highest BCUT2D eigenvalue weighted by molar-refractivity contribution is 9.09. The minimum absolute atomic E-state index is 0.501. The monoisotopic (exact) mass is 417 g/mol. The van der Waals surface area contributed by atoms with Gasteiger partial charge >= 0.3 is 0 Å². The van der Waals surface area contributed by atoms with Gasteiger partial charge in [0.15, 0.2) is 0 Å². The van der Waals surface area contributed by atoms with Crippen molar-refractivity contribution in [2.75, 3.05) is 18.5 Å². The second kappa shape index (κ2) is 9.26. The lowest BCUT2D eigenvalue weighted by molar-refractivity contribution is 0.317. The predicted octanol–water partition coefficient (Wildman–Crippen LogP) is 5.48. The number of ether oxygens (including phenoxy) is 1. The maximum Gasteiger partial charge on any atom is 0.146 e. The SMILES string of the molecule is C=C1NCC(CCCCCBr)c2[nH]c(-c3ccncc3OCCC)cc21. The molecule has 0 fully saturated rings. The molecule has 0 spiro atoms. The first kappa shape index (κ1) is 19.0. The maximum atomic E-state index is 5.89. The molecule has 1 aliphatic heterocycles. The van der Waals surface area contributed by atoms with Crippen LogP contribution >= 0.6 is 15.9 Å². The molecule has 2 N–H and O–H groups in total. The Bertz CT molecular complexity index is 741. The van der Waals surface area contributed by atoms with Crippen LogP contribution in [0.5, 0.6) is 5.75 Å². The van der Waals surface area contributed by atoms with Crippen LogP contribution in [0.15, 0.2) is 31.1 Å². The molecule has 3 rings (SSSR count). The van der Waals surface area contributed by atoms with Gasteiger partial charge in [0, 0.05) is 46.5 Å². The number of pyridine rings is 1. The van der Waals surface area contributed by atoms with E-state index in [0.717, 1.165) is 41.0 Å². The van der Waals surface area contributed by atoms with Crippen molar-refractivity contribution in [1.29, 1.82) is 0 Å². The molecule has 0 aromatic carbocycles. The standard InChI is InChI=1S/C21H28BrN3O/c1-3-11-26-20-14-23-10-8-17(20)19-12-18-15(2)24-13-16(21(18)25-19)7-5-4-6-9-22/h8,10,12,14,16,24-25H,2-7,9,11,13H2,1H3. The third kappa shape index (κ3) is 4.32. The van der Waals surface area contributed by atoms with Gasteiger partial charge in [0.25, 0.3) is 0 Å². The first-order valence-electron chi connectivity index (χ1n) is 9.53. The van der Waals surface area contributed by atoms with E-state index in [2.05, 4.69) is 50.8 Å². The molecule has 2 aromatic rings. The van der Waals surface area contributed by atoms with Crippen LogP contribution < -0.4 is 10.1 Å². The zero-order chi connectivity index (χ0) is 18.4. The lowest BCUT2D eigenvalue weighted by atomic mass is 9.91. The number of nitrogens with zero attached hydrogens (tertiary/aromatic N) is 1. The Morgan fingerprint density at radius 1 is 1.31 bits per heavy atom. The van der Waals surface area contributed by atoms with E-state index in [1.54, 1.807) is 6.20 Å². The van der Waals surface area contributed by atoms with Gasteiger partial charge < -0.3 is 15.0 Å². The van der Waals surface area contributed by atoms with Crippen molar-refractivity contribution in [1.82, 2.24) is 15.3 Å². The Balaban J connectivity index is 1.85. The van der Waals surface area contributed by atoms with Crippen LogP contribution in [0.25, 0.3) is 17.0 Å². The van der Waals surface area contributed by atoms with Crippen LogP contribution in [0.4, 0.5) is 0 Å². The number of alkyl halides is 1. The summed E-state index contributed by atoms with van der Waals surface area (Å²) in [4.78, 5) is 7.89. The van der Waals surface area contributed by atoms with Gasteiger partial charge in [-0.2, -0.15) is 0 Å². The quantitative estimate of drug-likeness (QED) is 0.419. The van der Waals surface area contributed by atoms with Crippen molar-refractivity contribution in [3.05, 3.63) is 42.4 Å². The summed E-state index contributed by atoms with van der Waals surface area (Å²) in [5.41, 5.74) is 5.66. The van der Waals surface area contributed by atoms with Crippen molar-refractivity contribution >= 4 is 21.6 Å². The molecule has 1 atom stereocenters. The van der Waals surface area contributed by atoms with Gasteiger partial charge in [-0.15, -0.1) is 0 Å². The highest BCUT2D eigenvalue weighted by Crippen LogP contribution is 2.37.